The van der Waals surface area contributed by atoms with E-state index >= 15 is 0 Å². The Morgan fingerprint density at radius 3 is 2.43 bits per heavy atom. The van der Waals surface area contributed by atoms with Crippen LogP contribution in [0, 0.1) is 24.0 Å². The number of amides is 1. The highest BCUT2D eigenvalue weighted by molar-refractivity contribution is 6.05. The number of rotatable bonds is 5. The van der Waals surface area contributed by atoms with Crippen LogP contribution in [-0.4, -0.2) is 31.4 Å². The zero-order valence-electron chi connectivity index (χ0n) is 16.9. The summed E-state index contributed by atoms with van der Waals surface area (Å²) in [5.74, 6) is -4.08. The van der Waals surface area contributed by atoms with Gasteiger partial charge in [-0.2, -0.15) is 0 Å². The van der Waals surface area contributed by atoms with Crippen molar-refractivity contribution in [2.75, 3.05) is 18.5 Å². The van der Waals surface area contributed by atoms with Crippen LogP contribution in [0.2, 0.25) is 0 Å². The molecule has 1 heterocycles. The van der Waals surface area contributed by atoms with Crippen LogP contribution in [0.1, 0.15) is 62.9 Å². The summed E-state index contributed by atoms with van der Waals surface area (Å²) in [6, 6.07) is 0. The van der Waals surface area contributed by atoms with E-state index in [0.717, 1.165) is 12.8 Å². The van der Waals surface area contributed by atoms with E-state index in [0.29, 0.717) is 13.0 Å². The zero-order chi connectivity index (χ0) is 21.1. The number of anilines is 1. The number of hydrogen-bond donors (Lipinski definition) is 1. The van der Waals surface area contributed by atoms with Crippen LogP contribution in [0.4, 0.5) is 14.5 Å². The monoisotopic (exact) mass is 399 g/mol. The van der Waals surface area contributed by atoms with Crippen LogP contribution in [0.15, 0.2) is 0 Å². The Hall–Kier alpha value is -2.22. The summed E-state index contributed by atoms with van der Waals surface area (Å²) in [4.78, 5) is 25.0. The summed E-state index contributed by atoms with van der Waals surface area (Å²) in [6.45, 7) is 8.10. The number of halogens is 2. The number of hydrogen-bond acceptors (Lipinski definition) is 5. The van der Waals surface area contributed by atoms with Crippen molar-refractivity contribution < 1.29 is 32.6 Å². The molecule has 0 spiro atoms. The SMILES string of the molecule is CCOC(=O)c1c(NC(=O)C(C)(C)C)c(F)c(C)c(F)c1OC1CCCCO1. The van der Waals surface area contributed by atoms with Crippen molar-refractivity contribution in [1.29, 1.82) is 0 Å². The summed E-state index contributed by atoms with van der Waals surface area (Å²) >= 11 is 0. The highest BCUT2D eigenvalue weighted by Gasteiger charge is 2.33. The first kappa shape index (κ1) is 22.1. The quantitative estimate of drug-likeness (QED) is 0.746. The molecule has 28 heavy (non-hydrogen) atoms. The second-order valence-electron chi connectivity index (χ2n) is 7.67. The minimum atomic E-state index is -1.05. The Bertz CT molecular complexity index is 752. The third-order valence-electron chi connectivity index (χ3n) is 4.34. The zero-order valence-corrected chi connectivity index (χ0v) is 16.9. The Morgan fingerprint density at radius 1 is 1.21 bits per heavy atom. The number of carbonyl (C=O) groups excluding carboxylic acids is 2. The van der Waals surface area contributed by atoms with Gasteiger partial charge in [-0.15, -0.1) is 0 Å². The molecule has 0 bridgehead atoms. The van der Waals surface area contributed by atoms with Crippen molar-refractivity contribution >= 4 is 17.6 Å². The lowest BCUT2D eigenvalue weighted by Gasteiger charge is -2.26. The van der Waals surface area contributed by atoms with Gasteiger partial charge in [0.2, 0.25) is 5.91 Å². The molecular weight excluding hydrogens is 372 g/mol. The van der Waals surface area contributed by atoms with E-state index in [-0.39, 0.29) is 12.2 Å². The van der Waals surface area contributed by atoms with Crippen molar-refractivity contribution in [3.63, 3.8) is 0 Å². The first-order valence-electron chi connectivity index (χ1n) is 9.36. The number of benzene rings is 1. The standard InChI is InChI=1S/C20H27F2NO5/c1-6-26-18(24)13-16(23-19(25)20(3,4)5)14(21)11(2)15(22)17(13)28-12-9-7-8-10-27-12/h12H,6-10H2,1-5H3,(H,23,25). The van der Waals surface area contributed by atoms with Gasteiger partial charge in [0.1, 0.15) is 5.56 Å². The molecule has 1 aromatic carbocycles. The summed E-state index contributed by atoms with van der Waals surface area (Å²) in [6.07, 6.45) is 1.39. The molecule has 8 heteroatoms. The predicted molar refractivity (Wildman–Crippen MR) is 99.4 cm³/mol. The summed E-state index contributed by atoms with van der Waals surface area (Å²) < 4.78 is 45.8. The Kier molecular flexibility index (Phi) is 6.98. The van der Waals surface area contributed by atoms with E-state index in [1.54, 1.807) is 27.7 Å². The lowest BCUT2D eigenvalue weighted by Crippen LogP contribution is -2.31. The number of carbonyl (C=O) groups is 2. The smallest absolute Gasteiger partial charge is 0.344 e. The molecule has 0 aliphatic carbocycles. The minimum Gasteiger partial charge on any atom is -0.462 e. The molecule has 1 aliphatic rings. The summed E-state index contributed by atoms with van der Waals surface area (Å²) in [5.41, 5.74) is -2.19. The normalized spacial score (nSPS) is 17.2. The Labute approximate surface area is 163 Å². The van der Waals surface area contributed by atoms with E-state index in [4.69, 9.17) is 14.2 Å². The first-order chi connectivity index (χ1) is 13.1. The molecule has 1 aromatic rings. The van der Waals surface area contributed by atoms with Gasteiger partial charge in [-0.05, 0) is 26.7 Å². The van der Waals surface area contributed by atoms with Crippen molar-refractivity contribution in [1.82, 2.24) is 0 Å². The molecular formula is C20H27F2NO5. The van der Waals surface area contributed by atoms with Crippen LogP contribution in [0.25, 0.3) is 0 Å². The molecule has 1 unspecified atom stereocenters. The van der Waals surface area contributed by atoms with Crippen molar-refractivity contribution in [2.45, 2.75) is 60.2 Å². The van der Waals surface area contributed by atoms with E-state index < -0.39 is 52.2 Å². The lowest BCUT2D eigenvalue weighted by atomic mass is 9.95. The fourth-order valence-corrected chi connectivity index (χ4v) is 2.65. The number of ether oxygens (including phenoxy) is 3. The molecule has 0 aromatic heterocycles. The maximum absolute atomic E-state index is 14.9. The molecule has 6 nitrogen and oxygen atoms in total. The van der Waals surface area contributed by atoms with Gasteiger partial charge in [0.15, 0.2) is 23.7 Å². The van der Waals surface area contributed by atoms with Gasteiger partial charge in [-0.3, -0.25) is 4.79 Å². The van der Waals surface area contributed by atoms with Crippen molar-refractivity contribution in [3.05, 3.63) is 22.8 Å². The topological polar surface area (TPSA) is 73.9 Å². The molecule has 1 N–H and O–H groups in total. The average Bonchev–Trinajstić information content (AvgIpc) is 2.64. The van der Waals surface area contributed by atoms with Gasteiger partial charge in [-0.1, -0.05) is 20.8 Å². The van der Waals surface area contributed by atoms with Gasteiger partial charge in [0.25, 0.3) is 0 Å². The molecule has 1 atom stereocenters. The first-order valence-corrected chi connectivity index (χ1v) is 9.36. The number of esters is 1. The van der Waals surface area contributed by atoms with Gasteiger partial charge in [0.05, 0.1) is 18.9 Å². The van der Waals surface area contributed by atoms with E-state index in [1.807, 2.05) is 0 Å². The second-order valence-corrected chi connectivity index (χ2v) is 7.67. The molecule has 1 aliphatic heterocycles. The van der Waals surface area contributed by atoms with Crippen LogP contribution in [0.5, 0.6) is 5.75 Å². The van der Waals surface area contributed by atoms with Crippen LogP contribution >= 0.6 is 0 Å². The highest BCUT2D eigenvalue weighted by Crippen LogP contribution is 2.38. The average molecular weight is 399 g/mol. The van der Waals surface area contributed by atoms with E-state index in [2.05, 4.69) is 5.32 Å². The Balaban J connectivity index is 2.60. The third-order valence-corrected chi connectivity index (χ3v) is 4.34. The maximum atomic E-state index is 14.9. The van der Waals surface area contributed by atoms with Crippen molar-refractivity contribution in [3.8, 4) is 5.75 Å². The maximum Gasteiger partial charge on any atom is 0.344 e. The largest absolute Gasteiger partial charge is 0.462 e. The molecule has 1 amide bonds. The molecule has 156 valence electrons. The minimum absolute atomic E-state index is 0.0119. The second kappa shape index (κ2) is 8.86. The predicted octanol–water partition coefficient (Wildman–Crippen LogP) is 4.34. The van der Waals surface area contributed by atoms with E-state index in [9.17, 15) is 18.4 Å². The fraction of sp³-hybridized carbons (Fsp3) is 0.600. The van der Waals surface area contributed by atoms with Crippen LogP contribution in [-0.2, 0) is 14.3 Å². The number of nitrogens with one attached hydrogen (secondary N) is 1. The molecule has 0 saturated carbocycles. The van der Waals surface area contributed by atoms with Crippen LogP contribution < -0.4 is 10.1 Å². The van der Waals surface area contributed by atoms with Gasteiger partial charge < -0.3 is 19.5 Å². The van der Waals surface area contributed by atoms with Gasteiger partial charge in [-0.25, -0.2) is 13.6 Å². The molecule has 0 radical (unpaired) electrons. The molecule has 1 fully saturated rings. The summed E-state index contributed by atoms with van der Waals surface area (Å²) in [7, 11) is 0. The van der Waals surface area contributed by atoms with Crippen LogP contribution in [0.3, 0.4) is 0 Å². The highest BCUT2D eigenvalue weighted by atomic mass is 19.1. The summed E-state index contributed by atoms with van der Waals surface area (Å²) in [5, 5.41) is 2.40. The molecule has 1 saturated heterocycles. The van der Waals surface area contributed by atoms with E-state index in [1.165, 1.54) is 6.92 Å². The third kappa shape index (κ3) is 4.79. The van der Waals surface area contributed by atoms with Gasteiger partial charge >= 0.3 is 5.97 Å². The fourth-order valence-electron chi connectivity index (χ4n) is 2.65. The van der Waals surface area contributed by atoms with Crippen molar-refractivity contribution in [2.24, 2.45) is 5.41 Å². The molecule has 2 rings (SSSR count). The van der Waals surface area contributed by atoms with Gasteiger partial charge in [0, 0.05) is 17.4 Å². The lowest BCUT2D eigenvalue weighted by molar-refractivity contribution is -0.123. The Morgan fingerprint density at radius 2 is 1.89 bits per heavy atom.